The fourth-order valence-electron chi connectivity index (χ4n) is 2.19. The minimum absolute atomic E-state index is 0.00884. The molecule has 0 radical (unpaired) electrons. The predicted octanol–water partition coefficient (Wildman–Crippen LogP) is 2.13. The Balaban J connectivity index is 2.08. The number of benzene rings is 2. The van der Waals surface area contributed by atoms with E-state index in [-0.39, 0.29) is 22.9 Å². The van der Waals surface area contributed by atoms with Gasteiger partial charge in [-0.3, -0.25) is 10.1 Å². The molecular weight excluding hydrogens is 348 g/mol. The van der Waals surface area contributed by atoms with E-state index in [4.69, 9.17) is 9.47 Å². The average Bonchev–Trinajstić information content (AvgIpc) is 2.61. The molecule has 0 fully saturated rings. The van der Waals surface area contributed by atoms with Crippen molar-refractivity contribution >= 4 is 15.7 Å². The van der Waals surface area contributed by atoms with Gasteiger partial charge in [0, 0.05) is 24.7 Å². The highest BCUT2D eigenvalue weighted by atomic mass is 32.2. The largest absolute Gasteiger partial charge is 0.497 e. The summed E-state index contributed by atoms with van der Waals surface area (Å²) < 4.78 is 37.6. The number of nitrogens with zero attached hydrogens (tertiary/aromatic N) is 1. The fraction of sp³-hybridized carbons (Fsp3) is 0.250. The minimum Gasteiger partial charge on any atom is -0.497 e. The van der Waals surface area contributed by atoms with Crippen LogP contribution >= 0.6 is 0 Å². The Kier molecular flexibility index (Phi) is 5.94. The van der Waals surface area contributed by atoms with Crippen molar-refractivity contribution in [3.05, 3.63) is 58.1 Å². The van der Waals surface area contributed by atoms with Crippen LogP contribution in [-0.4, -0.2) is 34.1 Å². The lowest BCUT2D eigenvalue weighted by molar-refractivity contribution is -0.384. The van der Waals surface area contributed by atoms with E-state index in [0.717, 1.165) is 5.56 Å². The van der Waals surface area contributed by atoms with Crippen LogP contribution in [0.5, 0.6) is 11.5 Å². The van der Waals surface area contributed by atoms with E-state index in [1.165, 1.54) is 38.5 Å². The highest BCUT2D eigenvalue weighted by molar-refractivity contribution is 7.89. The maximum absolute atomic E-state index is 12.5. The standard InChI is InChI=1S/C16H18N2O6S/c1-23-14-7-8-15(24-2)16(11-14)25(21,22)17-10-9-12-3-5-13(6-4-12)18(19)20/h3-8,11,17H,9-10H2,1-2H3. The fourth-order valence-corrected chi connectivity index (χ4v) is 3.40. The highest BCUT2D eigenvalue weighted by Gasteiger charge is 2.20. The second-order valence-corrected chi connectivity index (χ2v) is 6.82. The Hall–Kier alpha value is -2.65. The zero-order valence-electron chi connectivity index (χ0n) is 13.8. The van der Waals surface area contributed by atoms with Crippen molar-refractivity contribution in [3.8, 4) is 11.5 Å². The molecule has 1 N–H and O–H groups in total. The Bertz CT molecular complexity index is 849. The van der Waals surface area contributed by atoms with Gasteiger partial charge in [-0.2, -0.15) is 0 Å². The second kappa shape index (κ2) is 7.95. The van der Waals surface area contributed by atoms with Crippen molar-refractivity contribution in [1.82, 2.24) is 4.72 Å². The molecule has 134 valence electrons. The van der Waals surface area contributed by atoms with Gasteiger partial charge >= 0.3 is 0 Å². The van der Waals surface area contributed by atoms with Gasteiger partial charge in [0.25, 0.3) is 5.69 Å². The Morgan fingerprint density at radius 2 is 1.76 bits per heavy atom. The summed E-state index contributed by atoms with van der Waals surface area (Å²) in [7, 11) is -0.959. The third-order valence-corrected chi connectivity index (χ3v) is 5.00. The van der Waals surface area contributed by atoms with Crippen LogP contribution in [0.2, 0.25) is 0 Å². The number of non-ortho nitro benzene ring substituents is 1. The smallest absolute Gasteiger partial charge is 0.269 e. The maximum Gasteiger partial charge on any atom is 0.269 e. The second-order valence-electron chi connectivity index (χ2n) is 5.09. The summed E-state index contributed by atoms with van der Waals surface area (Å²) in [5, 5.41) is 10.6. The van der Waals surface area contributed by atoms with Crippen molar-refractivity contribution in [2.24, 2.45) is 0 Å². The molecule has 0 aromatic heterocycles. The van der Waals surface area contributed by atoms with Crippen molar-refractivity contribution in [2.75, 3.05) is 20.8 Å². The van der Waals surface area contributed by atoms with Gasteiger partial charge in [0.1, 0.15) is 16.4 Å². The summed E-state index contributed by atoms with van der Waals surface area (Å²) in [6.45, 7) is 0.139. The first-order valence-electron chi connectivity index (χ1n) is 7.32. The Labute approximate surface area is 145 Å². The van der Waals surface area contributed by atoms with Gasteiger partial charge in [-0.1, -0.05) is 12.1 Å². The van der Waals surface area contributed by atoms with E-state index in [0.29, 0.717) is 12.2 Å². The van der Waals surface area contributed by atoms with E-state index in [1.54, 1.807) is 18.2 Å². The van der Waals surface area contributed by atoms with Gasteiger partial charge in [-0.05, 0) is 24.1 Å². The number of methoxy groups -OCH3 is 2. The predicted molar refractivity (Wildman–Crippen MR) is 91.5 cm³/mol. The quantitative estimate of drug-likeness (QED) is 0.566. The molecule has 2 rings (SSSR count). The molecule has 0 saturated carbocycles. The molecule has 8 nitrogen and oxygen atoms in total. The molecule has 0 heterocycles. The van der Waals surface area contributed by atoms with Gasteiger partial charge in [0.15, 0.2) is 0 Å². The first-order valence-corrected chi connectivity index (χ1v) is 8.80. The van der Waals surface area contributed by atoms with Crippen LogP contribution < -0.4 is 14.2 Å². The molecule has 2 aromatic rings. The van der Waals surface area contributed by atoms with E-state index < -0.39 is 14.9 Å². The van der Waals surface area contributed by atoms with E-state index in [1.807, 2.05) is 0 Å². The van der Waals surface area contributed by atoms with Crippen molar-refractivity contribution in [3.63, 3.8) is 0 Å². The first-order chi connectivity index (χ1) is 11.9. The molecule has 9 heteroatoms. The van der Waals surface area contributed by atoms with E-state index >= 15 is 0 Å². The lowest BCUT2D eigenvalue weighted by atomic mass is 10.1. The molecule has 0 bridgehead atoms. The van der Waals surface area contributed by atoms with Crippen LogP contribution in [0.4, 0.5) is 5.69 Å². The lowest BCUT2D eigenvalue weighted by Crippen LogP contribution is -2.26. The molecule has 0 saturated heterocycles. The normalized spacial score (nSPS) is 11.1. The van der Waals surface area contributed by atoms with Crippen LogP contribution in [0.15, 0.2) is 47.4 Å². The summed E-state index contributed by atoms with van der Waals surface area (Å²) in [6.07, 6.45) is 0.392. The Morgan fingerprint density at radius 3 is 2.32 bits per heavy atom. The SMILES string of the molecule is COc1ccc(OC)c(S(=O)(=O)NCCc2ccc([N+](=O)[O-])cc2)c1. The number of nitrogens with one attached hydrogen (secondary N) is 1. The van der Waals surface area contributed by atoms with E-state index in [2.05, 4.69) is 4.72 Å². The van der Waals surface area contributed by atoms with Crippen molar-refractivity contribution < 1.29 is 22.8 Å². The molecule has 0 amide bonds. The summed E-state index contributed by atoms with van der Waals surface area (Å²) >= 11 is 0. The van der Waals surface area contributed by atoms with Crippen molar-refractivity contribution in [2.45, 2.75) is 11.3 Å². The zero-order valence-corrected chi connectivity index (χ0v) is 14.6. The number of hydrogen-bond acceptors (Lipinski definition) is 6. The molecule has 0 spiro atoms. The molecule has 0 aliphatic carbocycles. The highest BCUT2D eigenvalue weighted by Crippen LogP contribution is 2.27. The third-order valence-electron chi connectivity index (χ3n) is 3.51. The van der Waals surface area contributed by atoms with Crippen LogP contribution in [0, 0.1) is 10.1 Å². The maximum atomic E-state index is 12.5. The van der Waals surface area contributed by atoms with Crippen LogP contribution in [0.25, 0.3) is 0 Å². The summed E-state index contributed by atoms with van der Waals surface area (Å²) in [5.41, 5.74) is 0.774. The summed E-state index contributed by atoms with van der Waals surface area (Å²) in [6, 6.07) is 10.5. The zero-order chi connectivity index (χ0) is 18.4. The number of ether oxygens (including phenoxy) is 2. The molecule has 25 heavy (non-hydrogen) atoms. The average molecular weight is 366 g/mol. The summed E-state index contributed by atoms with van der Waals surface area (Å²) in [4.78, 5) is 10.1. The molecule has 0 atom stereocenters. The van der Waals surface area contributed by atoms with Gasteiger partial charge in [-0.15, -0.1) is 0 Å². The Morgan fingerprint density at radius 1 is 1.08 bits per heavy atom. The molecule has 0 aliphatic heterocycles. The van der Waals surface area contributed by atoms with E-state index in [9.17, 15) is 18.5 Å². The number of rotatable bonds is 8. The molecule has 0 unspecified atom stereocenters. The summed E-state index contributed by atoms with van der Waals surface area (Å²) in [5.74, 6) is 0.611. The molecule has 2 aromatic carbocycles. The topological polar surface area (TPSA) is 108 Å². The number of nitro groups is 1. The lowest BCUT2D eigenvalue weighted by Gasteiger charge is -2.12. The van der Waals surface area contributed by atoms with Gasteiger partial charge in [0.2, 0.25) is 10.0 Å². The number of sulfonamides is 1. The van der Waals surface area contributed by atoms with Crippen molar-refractivity contribution in [1.29, 1.82) is 0 Å². The van der Waals surface area contributed by atoms with Gasteiger partial charge < -0.3 is 9.47 Å². The number of nitro benzene ring substituents is 1. The van der Waals surface area contributed by atoms with Crippen LogP contribution in [-0.2, 0) is 16.4 Å². The van der Waals surface area contributed by atoms with Crippen LogP contribution in [0.3, 0.4) is 0 Å². The monoisotopic (exact) mass is 366 g/mol. The number of hydrogen-bond donors (Lipinski definition) is 1. The molecular formula is C16H18N2O6S. The van der Waals surface area contributed by atoms with Crippen LogP contribution in [0.1, 0.15) is 5.56 Å². The first kappa shape index (κ1) is 18.7. The van der Waals surface area contributed by atoms with Gasteiger partial charge in [0.05, 0.1) is 19.1 Å². The van der Waals surface area contributed by atoms with Gasteiger partial charge in [-0.25, -0.2) is 13.1 Å². The third kappa shape index (κ3) is 4.68. The minimum atomic E-state index is -3.79. The molecule has 0 aliphatic rings.